The Morgan fingerprint density at radius 3 is 2.81 bits per heavy atom. The summed E-state index contributed by atoms with van der Waals surface area (Å²) in [5.41, 5.74) is 5.83. The third-order valence-corrected chi connectivity index (χ3v) is 3.22. The van der Waals surface area contributed by atoms with Gasteiger partial charge in [-0.2, -0.15) is 0 Å². The van der Waals surface area contributed by atoms with Crippen LogP contribution < -0.4 is 11.1 Å². The molecule has 3 N–H and O–H groups in total. The van der Waals surface area contributed by atoms with Crippen LogP contribution in [0.4, 0.5) is 0 Å². The molecule has 1 heterocycles. The first kappa shape index (κ1) is 20.9. The molecule has 1 aliphatic rings. The highest BCUT2D eigenvalue weighted by molar-refractivity contribution is 14.0. The van der Waals surface area contributed by atoms with Gasteiger partial charge in [0.15, 0.2) is 5.96 Å². The van der Waals surface area contributed by atoms with E-state index in [1.54, 1.807) is 0 Å². The summed E-state index contributed by atoms with van der Waals surface area (Å²) in [5, 5.41) is 3.11. The maximum atomic E-state index is 5.83. The fourth-order valence-electron chi connectivity index (χ4n) is 2.13. The zero-order valence-corrected chi connectivity index (χ0v) is 15.7. The van der Waals surface area contributed by atoms with Gasteiger partial charge in [0.1, 0.15) is 0 Å². The molecule has 0 bridgehead atoms. The Kier molecular flexibility index (Phi) is 13.5. The third kappa shape index (κ3) is 11.1. The molecule has 0 aromatic rings. The summed E-state index contributed by atoms with van der Waals surface area (Å²) in [6, 6.07) is 0. The highest BCUT2D eigenvalue weighted by atomic mass is 127. The molecule has 0 radical (unpaired) electrons. The minimum Gasteiger partial charge on any atom is -0.382 e. The third-order valence-electron chi connectivity index (χ3n) is 3.22. The fraction of sp³-hybridized carbons (Fsp3) is 0.929. The highest BCUT2D eigenvalue weighted by Gasteiger charge is 2.13. The van der Waals surface area contributed by atoms with Gasteiger partial charge < -0.3 is 20.5 Å². The van der Waals surface area contributed by atoms with Crippen molar-refractivity contribution in [3.05, 3.63) is 0 Å². The second-order valence-electron chi connectivity index (χ2n) is 5.22. The lowest BCUT2D eigenvalue weighted by molar-refractivity contribution is 0.0323. The van der Waals surface area contributed by atoms with Gasteiger partial charge in [-0.15, -0.1) is 24.0 Å². The molecule has 1 rings (SSSR count). The van der Waals surface area contributed by atoms with Crippen LogP contribution in [0.3, 0.4) is 0 Å². The number of halogens is 1. The predicted octanol–water partition coefficient (Wildman–Crippen LogP) is 0.904. The molecule has 21 heavy (non-hydrogen) atoms. The number of ether oxygens (including phenoxy) is 2. The van der Waals surface area contributed by atoms with E-state index in [4.69, 9.17) is 15.2 Å². The summed E-state index contributed by atoms with van der Waals surface area (Å²) in [5.74, 6) is 1.05. The molecule has 0 amide bonds. The van der Waals surface area contributed by atoms with E-state index in [9.17, 15) is 0 Å². The first-order valence-corrected chi connectivity index (χ1v) is 7.64. The Morgan fingerprint density at radius 2 is 2.14 bits per heavy atom. The number of hydrogen-bond donors (Lipinski definition) is 2. The maximum absolute atomic E-state index is 5.83. The van der Waals surface area contributed by atoms with Gasteiger partial charge in [-0.3, -0.25) is 9.89 Å². The zero-order chi connectivity index (χ0) is 14.6. The molecule has 1 unspecified atom stereocenters. The molecule has 0 aromatic carbocycles. The molecule has 0 aromatic heterocycles. The van der Waals surface area contributed by atoms with Crippen molar-refractivity contribution in [2.45, 2.75) is 20.3 Å². The van der Waals surface area contributed by atoms with Gasteiger partial charge in [-0.1, -0.05) is 6.92 Å². The van der Waals surface area contributed by atoms with Gasteiger partial charge in [0.05, 0.1) is 13.2 Å². The SMILES string of the molecule is CCOCCCNC(N)=NCC(C)CN1CCOCC1.I. The number of nitrogens with one attached hydrogen (secondary N) is 1. The minimum absolute atomic E-state index is 0. The van der Waals surface area contributed by atoms with Crippen LogP contribution >= 0.6 is 24.0 Å². The molecule has 7 heteroatoms. The van der Waals surface area contributed by atoms with E-state index in [1.165, 1.54) is 0 Å². The van der Waals surface area contributed by atoms with Crippen molar-refractivity contribution in [3.8, 4) is 0 Å². The van der Waals surface area contributed by atoms with Crippen LogP contribution in [0.1, 0.15) is 20.3 Å². The minimum atomic E-state index is 0. The van der Waals surface area contributed by atoms with Gasteiger partial charge in [-0.05, 0) is 19.3 Å². The summed E-state index contributed by atoms with van der Waals surface area (Å²) >= 11 is 0. The van der Waals surface area contributed by atoms with Crippen molar-refractivity contribution in [2.75, 3.05) is 59.2 Å². The Hall–Kier alpha value is -0.120. The number of rotatable bonds is 9. The zero-order valence-electron chi connectivity index (χ0n) is 13.3. The number of hydrogen-bond acceptors (Lipinski definition) is 4. The Balaban J connectivity index is 0.00000400. The number of nitrogens with zero attached hydrogens (tertiary/aromatic N) is 2. The molecule has 1 saturated heterocycles. The second kappa shape index (κ2) is 13.5. The largest absolute Gasteiger partial charge is 0.382 e. The standard InChI is InChI=1S/C14H30N4O2.HI/c1-3-19-8-4-5-16-14(15)17-11-13(2)12-18-6-9-20-10-7-18;/h13H,3-12H2,1-2H3,(H3,15,16,17);1H. The number of morpholine rings is 1. The number of aliphatic imine (C=N–C) groups is 1. The molecular weight excluding hydrogens is 383 g/mol. The summed E-state index contributed by atoms with van der Waals surface area (Å²) < 4.78 is 10.6. The van der Waals surface area contributed by atoms with E-state index in [1.807, 2.05) is 6.92 Å². The second-order valence-corrected chi connectivity index (χ2v) is 5.22. The summed E-state index contributed by atoms with van der Waals surface area (Å²) in [6.45, 7) is 12.1. The molecular formula is C14H31IN4O2. The maximum Gasteiger partial charge on any atom is 0.188 e. The van der Waals surface area contributed by atoms with Crippen molar-refractivity contribution in [2.24, 2.45) is 16.6 Å². The topological polar surface area (TPSA) is 72.1 Å². The van der Waals surface area contributed by atoms with E-state index in [2.05, 4.69) is 22.1 Å². The fourth-order valence-corrected chi connectivity index (χ4v) is 2.13. The van der Waals surface area contributed by atoms with Crippen molar-refractivity contribution in [3.63, 3.8) is 0 Å². The summed E-state index contributed by atoms with van der Waals surface area (Å²) in [4.78, 5) is 6.82. The average Bonchev–Trinajstić information content (AvgIpc) is 2.46. The van der Waals surface area contributed by atoms with Crippen LogP contribution in [0.2, 0.25) is 0 Å². The molecule has 1 aliphatic heterocycles. The molecule has 0 spiro atoms. The number of nitrogens with two attached hydrogens (primary N) is 1. The summed E-state index contributed by atoms with van der Waals surface area (Å²) in [7, 11) is 0. The van der Waals surface area contributed by atoms with E-state index in [0.29, 0.717) is 11.9 Å². The van der Waals surface area contributed by atoms with Crippen molar-refractivity contribution in [1.82, 2.24) is 10.2 Å². The molecule has 126 valence electrons. The first-order valence-electron chi connectivity index (χ1n) is 7.64. The molecule has 1 atom stereocenters. The lowest BCUT2D eigenvalue weighted by Gasteiger charge is -2.28. The lowest BCUT2D eigenvalue weighted by Crippen LogP contribution is -2.39. The van der Waals surface area contributed by atoms with Crippen LogP contribution in [0.25, 0.3) is 0 Å². The normalized spacial score (nSPS) is 18.1. The molecule has 0 saturated carbocycles. The lowest BCUT2D eigenvalue weighted by atomic mass is 10.1. The number of guanidine groups is 1. The molecule has 6 nitrogen and oxygen atoms in total. The van der Waals surface area contributed by atoms with E-state index < -0.39 is 0 Å². The van der Waals surface area contributed by atoms with Crippen molar-refractivity contribution in [1.29, 1.82) is 0 Å². The van der Waals surface area contributed by atoms with Gasteiger partial charge in [0.25, 0.3) is 0 Å². The quantitative estimate of drug-likeness (QED) is 0.254. The van der Waals surface area contributed by atoms with Crippen molar-refractivity contribution >= 4 is 29.9 Å². The molecule has 0 aliphatic carbocycles. The van der Waals surface area contributed by atoms with Crippen LogP contribution in [0.5, 0.6) is 0 Å². The monoisotopic (exact) mass is 414 g/mol. The van der Waals surface area contributed by atoms with Crippen LogP contribution in [0, 0.1) is 5.92 Å². The van der Waals surface area contributed by atoms with Gasteiger partial charge in [0, 0.05) is 45.9 Å². The van der Waals surface area contributed by atoms with Crippen LogP contribution in [-0.2, 0) is 9.47 Å². The Bertz CT molecular complexity index is 274. The average molecular weight is 414 g/mol. The summed E-state index contributed by atoms with van der Waals surface area (Å²) in [6.07, 6.45) is 0.952. The van der Waals surface area contributed by atoms with Gasteiger partial charge >= 0.3 is 0 Å². The van der Waals surface area contributed by atoms with Crippen LogP contribution in [-0.4, -0.2) is 70.0 Å². The smallest absolute Gasteiger partial charge is 0.188 e. The van der Waals surface area contributed by atoms with E-state index >= 15 is 0 Å². The van der Waals surface area contributed by atoms with Gasteiger partial charge in [0.2, 0.25) is 0 Å². The van der Waals surface area contributed by atoms with Crippen molar-refractivity contribution < 1.29 is 9.47 Å². The van der Waals surface area contributed by atoms with E-state index in [0.717, 1.165) is 65.6 Å². The molecule has 1 fully saturated rings. The van der Waals surface area contributed by atoms with Crippen LogP contribution in [0.15, 0.2) is 4.99 Å². The first-order chi connectivity index (χ1) is 9.72. The Morgan fingerprint density at radius 1 is 1.43 bits per heavy atom. The highest BCUT2D eigenvalue weighted by Crippen LogP contribution is 2.03. The predicted molar refractivity (Wildman–Crippen MR) is 97.4 cm³/mol. The van der Waals surface area contributed by atoms with Gasteiger partial charge in [-0.25, -0.2) is 0 Å². The Labute approximate surface area is 145 Å². The van der Waals surface area contributed by atoms with E-state index in [-0.39, 0.29) is 24.0 Å².